The number of carboxylic acids is 1. The minimum Gasteiger partial charge on any atom is -0.481 e. The number of hydrogen-bond acceptors (Lipinski definition) is 2. The first-order valence-corrected chi connectivity index (χ1v) is 5.56. The van der Waals surface area contributed by atoms with E-state index in [-0.39, 0.29) is 11.1 Å². The molecule has 5 heteroatoms. The van der Waals surface area contributed by atoms with Crippen molar-refractivity contribution in [2.45, 2.75) is 13.0 Å². The average molecular weight is 260 g/mol. The fourth-order valence-corrected chi connectivity index (χ4v) is 2.05. The van der Waals surface area contributed by atoms with Crippen LogP contribution in [-0.2, 0) is 4.79 Å². The van der Waals surface area contributed by atoms with Crippen LogP contribution in [0.5, 0.6) is 0 Å². The first-order chi connectivity index (χ1) is 7.84. The van der Waals surface area contributed by atoms with E-state index < -0.39 is 17.7 Å². The summed E-state index contributed by atoms with van der Waals surface area (Å²) in [5.74, 6) is -2.01. The monoisotopic (exact) mass is 259 g/mol. The first kappa shape index (κ1) is 13.9. The lowest BCUT2D eigenvalue weighted by molar-refractivity contribution is -0.143. The van der Waals surface area contributed by atoms with Crippen LogP contribution in [-0.4, -0.2) is 30.1 Å². The Hall–Kier alpha value is -1.13. The van der Waals surface area contributed by atoms with E-state index in [1.165, 1.54) is 12.1 Å². The van der Waals surface area contributed by atoms with Gasteiger partial charge in [0.2, 0.25) is 0 Å². The van der Waals surface area contributed by atoms with Crippen molar-refractivity contribution in [3.05, 3.63) is 34.6 Å². The van der Waals surface area contributed by atoms with Gasteiger partial charge in [0.15, 0.2) is 0 Å². The normalized spacial score (nSPS) is 14.7. The highest BCUT2D eigenvalue weighted by atomic mass is 35.5. The Morgan fingerprint density at radius 2 is 2.06 bits per heavy atom. The number of hydrogen-bond donors (Lipinski definition) is 1. The van der Waals surface area contributed by atoms with Crippen molar-refractivity contribution in [2.75, 3.05) is 14.1 Å². The number of carboxylic acid groups (broad SMARTS) is 1. The van der Waals surface area contributed by atoms with E-state index >= 15 is 0 Å². The number of rotatable bonds is 4. The lowest BCUT2D eigenvalue weighted by Crippen LogP contribution is -2.30. The molecule has 2 atom stereocenters. The highest BCUT2D eigenvalue weighted by Gasteiger charge is 2.27. The van der Waals surface area contributed by atoms with Crippen molar-refractivity contribution >= 4 is 17.6 Å². The van der Waals surface area contributed by atoms with Gasteiger partial charge in [-0.3, -0.25) is 4.79 Å². The second-order valence-electron chi connectivity index (χ2n) is 4.21. The van der Waals surface area contributed by atoms with E-state index in [4.69, 9.17) is 16.7 Å². The van der Waals surface area contributed by atoms with Gasteiger partial charge in [-0.05, 0) is 31.8 Å². The van der Waals surface area contributed by atoms with Gasteiger partial charge in [-0.15, -0.1) is 0 Å². The molecule has 1 aromatic carbocycles. The minimum atomic E-state index is -0.899. The molecule has 0 aliphatic carbocycles. The predicted molar refractivity (Wildman–Crippen MR) is 64.6 cm³/mol. The summed E-state index contributed by atoms with van der Waals surface area (Å²) in [6.07, 6.45) is 0. The molecule has 0 fully saturated rings. The number of halogens is 2. The van der Waals surface area contributed by atoms with Gasteiger partial charge in [0.05, 0.1) is 10.9 Å². The fraction of sp³-hybridized carbons (Fsp3) is 0.417. The number of nitrogens with zero attached hydrogens (tertiary/aromatic N) is 1. The van der Waals surface area contributed by atoms with E-state index in [0.29, 0.717) is 5.56 Å². The summed E-state index contributed by atoms with van der Waals surface area (Å²) in [4.78, 5) is 12.8. The maximum Gasteiger partial charge on any atom is 0.308 e. The quantitative estimate of drug-likeness (QED) is 0.904. The van der Waals surface area contributed by atoms with Crippen LogP contribution >= 0.6 is 11.6 Å². The largest absolute Gasteiger partial charge is 0.481 e. The third-order valence-electron chi connectivity index (χ3n) is 2.70. The smallest absolute Gasteiger partial charge is 0.308 e. The van der Waals surface area contributed by atoms with Crippen LogP contribution in [0.4, 0.5) is 4.39 Å². The SMILES string of the molecule is CC(C(=O)O)C(c1ccc(F)c(Cl)c1)N(C)C. The number of aliphatic carboxylic acids is 1. The van der Waals surface area contributed by atoms with Crippen LogP contribution in [0.2, 0.25) is 5.02 Å². The Labute approximate surface area is 105 Å². The molecular weight excluding hydrogens is 245 g/mol. The van der Waals surface area contributed by atoms with E-state index in [9.17, 15) is 9.18 Å². The summed E-state index contributed by atoms with van der Waals surface area (Å²) in [5.41, 5.74) is 0.691. The van der Waals surface area contributed by atoms with Gasteiger partial charge in [-0.25, -0.2) is 4.39 Å². The van der Waals surface area contributed by atoms with E-state index in [1.807, 2.05) is 0 Å². The van der Waals surface area contributed by atoms with Crippen molar-refractivity contribution in [2.24, 2.45) is 5.92 Å². The Kier molecular flexibility index (Phi) is 4.48. The molecule has 0 saturated heterocycles. The van der Waals surface area contributed by atoms with E-state index in [1.54, 1.807) is 32.0 Å². The molecule has 1 aromatic rings. The topological polar surface area (TPSA) is 40.5 Å². The predicted octanol–water partition coefficient (Wildman–Crippen LogP) is 2.80. The standard InChI is InChI=1S/C12H15ClFNO2/c1-7(12(16)17)11(15(2)3)8-4-5-10(14)9(13)6-8/h4-7,11H,1-3H3,(H,16,17). The van der Waals surface area contributed by atoms with Crippen LogP contribution in [0.15, 0.2) is 18.2 Å². The van der Waals surface area contributed by atoms with Crippen LogP contribution < -0.4 is 0 Å². The second-order valence-corrected chi connectivity index (χ2v) is 4.62. The summed E-state index contributed by atoms with van der Waals surface area (Å²) >= 11 is 5.71. The molecule has 0 heterocycles. The van der Waals surface area contributed by atoms with Crippen LogP contribution in [0, 0.1) is 11.7 Å². The third-order valence-corrected chi connectivity index (χ3v) is 2.99. The van der Waals surface area contributed by atoms with Crippen molar-refractivity contribution in [1.29, 1.82) is 0 Å². The first-order valence-electron chi connectivity index (χ1n) is 5.18. The molecule has 0 saturated carbocycles. The highest BCUT2D eigenvalue weighted by molar-refractivity contribution is 6.30. The number of carbonyl (C=O) groups is 1. The average Bonchev–Trinajstić information content (AvgIpc) is 2.22. The van der Waals surface area contributed by atoms with Gasteiger partial charge >= 0.3 is 5.97 Å². The van der Waals surface area contributed by atoms with E-state index in [0.717, 1.165) is 0 Å². The van der Waals surface area contributed by atoms with Crippen molar-refractivity contribution < 1.29 is 14.3 Å². The highest BCUT2D eigenvalue weighted by Crippen LogP contribution is 2.29. The van der Waals surface area contributed by atoms with Gasteiger partial charge in [-0.2, -0.15) is 0 Å². The maximum atomic E-state index is 13.1. The zero-order valence-corrected chi connectivity index (χ0v) is 10.7. The lowest BCUT2D eigenvalue weighted by Gasteiger charge is -2.28. The summed E-state index contributed by atoms with van der Waals surface area (Å²) in [5, 5.41) is 9.06. The van der Waals surface area contributed by atoms with Crippen molar-refractivity contribution in [1.82, 2.24) is 4.90 Å². The van der Waals surface area contributed by atoms with E-state index in [2.05, 4.69) is 0 Å². The van der Waals surface area contributed by atoms with Crippen LogP contribution in [0.25, 0.3) is 0 Å². The summed E-state index contributed by atoms with van der Waals surface area (Å²) in [6.45, 7) is 1.62. The van der Waals surface area contributed by atoms with Crippen LogP contribution in [0.3, 0.4) is 0 Å². The Morgan fingerprint density at radius 1 is 1.47 bits per heavy atom. The molecule has 17 heavy (non-hydrogen) atoms. The molecule has 0 aromatic heterocycles. The molecule has 0 spiro atoms. The lowest BCUT2D eigenvalue weighted by atomic mass is 9.93. The third kappa shape index (κ3) is 3.17. The molecule has 0 radical (unpaired) electrons. The van der Waals surface area contributed by atoms with Crippen molar-refractivity contribution in [3.8, 4) is 0 Å². The van der Waals surface area contributed by atoms with Gasteiger partial charge in [0.1, 0.15) is 5.82 Å². The summed E-state index contributed by atoms with van der Waals surface area (Å²) < 4.78 is 13.1. The minimum absolute atomic E-state index is 0.00642. The van der Waals surface area contributed by atoms with Gasteiger partial charge in [-0.1, -0.05) is 24.6 Å². The molecule has 1 N–H and O–H groups in total. The van der Waals surface area contributed by atoms with Crippen molar-refractivity contribution in [3.63, 3.8) is 0 Å². The van der Waals surface area contributed by atoms with Gasteiger partial charge < -0.3 is 10.0 Å². The second kappa shape index (κ2) is 5.47. The van der Waals surface area contributed by atoms with Gasteiger partial charge in [0.25, 0.3) is 0 Å². The zero-order valence-electron chi connectivity index (χ0n) is 9.95. The molecule has 0 aliphatic heterocycles. The molecule has 0 bridgehead atoms. The molecule has 2 unspecified atom stereocenters. The Bertz CT molecular complexity index is 423. The maximum absolute atomic E-state index is 13.1. The number of benzene rings is 1. The van der Waals surface area contributed by atoms with Crippen LogP contribution in [0.1, 0.15) is 18.5 Å². The summed E-state index contributed by atoms with van der Waals surface area (Å²) in [7, 11) is 3.56. The summed E-state index contributed by atoms with van der Waals surface area (Å²) in [6, 6.07) is 3.94. The fourth-order valence-electron chi connectivity index (χ4n) is 1.87. The molecule has 0 amide bonds. The molecule has 3 nitrogen and oxygen atoms in total. The zero-order chi connectivity index (χ0) is 13.2. The Morgan fingerprint density at radius 3 is 2.47 bits per heavy atom. The molecular formula is C12H15ClFNO2. The molecule has 1 rings (SSSR count). The molecule has 94 valence electrons. The van der Waals surface area contributed by atoms with Gasteiger partial charge in [0, 0.05) is 6.04 Å². The molecule has 0 aliphatic rings. The Balaban J connectivity index is 3.14.